The van der Waals surface area contributed by atoms with Crippen LogP contribution in [0, 0.1) is 0 Å². The first-order valence-electron chi connectivity index (χ1n) is 9.89. The van der Waals surface area contributed by atoms with Crippen LogP contribution in [-0.4, -0.2) is 31.5 Å². The average Bonchev–Trinajstić information content (AvgIpc) is 3.02. The van der Waals surface area contributed by atoms with Crippen LogP contribution in [0.1, 0.15) is 32.3 Å². The van der Waals surface area contributed by atoms with Gasteiger partial charge >= 0.3 is 0 Å². The number of amides is 2. The van der Waals surface area contributed by atoms with Crippen LogP contribution in [0.4, 0.5) is 10.5 Å². The summed E-state index contributed by atoms with van der Waals surface area (Å²) >= 11 is 0.904. The molecule has 1 saturated heterocycles. The highest BCUT2D eigenvalue weighted by Crippen LogP contribution is 2.40. The third-order valence-corrected chi connectivity index (χ3v) is 5.31. The highest BCUT2D eigenvalue weighted by Gasteiger charge is 2.37. The summed E-state index contributed by atoms with van der Waals surface area (Å²) in [5.41, 5.74) is 1.20. The van der Waals surface area contributed by atoms with Crippen LogP contribution < -0.4 is 19.1 Å². The number of imide groups is 1. The monoisotopic (exact) mass is 427 g/mol. The number of nitrogens with zero attached hydrogens (tertiary/aromatic N) is 1. The van der Waals surface area contributed by atoms with Crippen molar-refractivity contribution in [3.63, 3.8) is 0 Å². The molecule has 6 nitrogen and oxygen atoms in total. The van der Waals surface area contributed by atoms with Gasteiger partial charge in [-0.3, -0.25) is 9.59 Å². The molecule has 7 heteroatoms. The highest BCUT2D eigenvalue weighted by atomic mass is 32.2. The zero-order valence-corrected chi connectivity index (χ0v) is 18.2. The Kier molecular flexibility index (Phi) is 7.41. The zero-order chi connectivity index (χ0) is 21.5. The largest absolute Gasteiger partial charge is 0.493 e. The summed E-state index contributed by atoms with van der Waals surface area (Å²) in [6.45, 7) is 5.01. The van der Waals surface area contributed by atoms with Gasteiger partial charge in [-0.25, -0.2) is 4.90 Å². The Balaban J connectivity index is 1.85. The number of unbranched alkanes of at least 4 members (excludes halogenated alkanes) is 1. The molecule has 0 aromatic heterocycles. The van der Waals surface area contributed by atoms with Crippen molar-refractivity contribution in [1.29, 1.82) is 0 Å². The number of rotatable bonds is 9. The number of methoxy groups -OCH3 is 1. The van der Waals surface area contributed by atoms with Crippen LogP contribution >= 0.6 is 11.8 Å². The predicted molar refractivity (Wildman–Crippen MR) is 119 cm³/mol. The first kappa shape index (κ1) is 21.8. The molecule has 2 aromatic rings. The van der Waals surface area contributed by atoms with E-state index in [9.17, 15) is 9.59 Å². The summed E-state index contributed by atoms with van der Waals surface area (Å²) in [4.78, 5) is 27.1. The molecule has 3 rings (SSSR count). The van der Waals surface area contributed by atoms with Crippen molar-refractivity contribution in [2.75, 3.05) is 25.2 Å². The van der Waals surface area contributed by atoms with Crippen LogP contribution in [0.5, 0.6) is 17.2 Å². The van der Waals surface area contributed by atoms with E-state index in [0.717, 1.165) is 35.1 Å². The lowest BCUT2D eigenvalue weighted by atomic mass is 10.1. The Labute approximate surface area is 180 Å². The average molecular weight is 428 g/mol. The van der Waals surface area contributed by atoms with Crippen molar-refractivity contribution in [2.24, 2.45) is 0 Å². The van der Waals surface area contributed by atoms with E-state index in [0.29, 0.717) is 41.1 Å². The molecule has 1 aliphatic heterocycles. The summed E-state index contributed by atoms with van der Waals surface area (Å²) in [7, 11) is 1.57. The van der Waals surface area contributed by atoms with Crippen LogP contribution in [-0.2, 0) is 4.79 Å². The zero-order valence-electron chi connectivity index (χ0n) is 17.3. The number of anilines is 1. The van der Waals surface area contributed by atoms with E-state index in [1.807, 2.05) is 19.1 Å². The smallest absolute Gasteiger partial charge is 0.298 e. The minimum absolute atomic E-state index is 0.341. The number of carbonyl (C=O) groups excluding carboxylic acids is 2. The fourth-order valence-electron chi connectivity index (χ4n) is 2.97. The molecular weight excluding hydrogens is 402 g/mol. The van der Waals surface area contributed by atoms with Gasteiger partial charge in [-0.2, -0.15) is 0 Å². The number of hydrogen-bond acceptors (Lipinski definition) is 6. The lowest BCUT2D eigenvalue weighted by Gasteiger charge is -2.16. The van der Waals surface area contributed by atoms with Crippen molar-refractivity contribution >= 4 is 34.7 Å². The summed E-state index contributed by atoms with van der Waals surface area (Å²) in [5, 5.41) is -0.357. The Hall–Kier alpha value is -2.93. The number of para-hydroxylation sites is 2. The van der Waals surface area contributed by atoms with Crippen molar-refractivity contribution in [3.05, 3.63) is 52.9 Å². The van der Waals surface area contributed by atoms with Gasteiger partial charge in [0.2, 0.25) is 0 Å². The first-order chi connectivity index (χ1) is 14.6. The molecule has 0 N–H and O–H groups in total. The van der Waals surface area contributed by atoms with E-state index in [4.69, 9.17) is 14.2 Å². The van der Waals surface area contributed by atoms with Crippen LogP contribution in [0.2, 0.25) is 0 Å². The molecule has 0 radical (unpaired) electrons. The van der Waals surface area contributed by atoms with E-state index in [1.165, 1.54) is 0 Å². The standard InChI is InChI=1S/C23H25NO5S/c1-4-6-13-29-19-12-11-16(14-20(19)27-3)15-21-22(25)24(23(26)30-21)17-9-7-8-10-18(17)28-5-2/h7-12,14-15H,4-6,13H2,1-3H3/b21-15-. The molecule has 0 atom stereocenters. The highest BCUT2D eigenvalue weighted by molar-refractivity contribution is 8.19. The van der Waals surface area contributed by atoms with Gasteiger partial charge in [-0.05, 0) is 61.0 Å². The SMILES string of the molecule is CCCCOc1ccc(/C=C2\SC(=O)N(c3ccccc3OCC)C2=O)cc1OC. The van der Waals surface area contributed by atoms with E-state index in [-0.39, 0.29) is 11.1 Å². The predicted octanol–water partition coefficient (Wildman–Crippen LogP) is 5.51. The molecule has 158 valence electrons. The maximum atomic E-state index is 13.0. The van der Waals surface area contributed by atoms with Gasteiger partial charge in [0, 0.05) is 0 Å². The second-order valence-electron chi connectivity index (χ2n) is 6.53. The Bertz CT molecular complexity index is 956. The minimum atomic E-state index is -0.376. The van der Waals surface area contributed by atoms with Gasteiger partial charge in [-0.15, -0.1) is 0 Å². The molecule has 0 saturated carbocycles. The molecule has 1 fully saturated rings. The maximum Gasteiger partial charge on any atom is 0.298 e. The number of ether oxygens (including phenoxy) is 3. The normalized spacial score (nSPS) is 15.0. The number of carbonyl (C=O) groups is 2. The fraction of sp³-hybridized carbons (Fsp3) is 0.304. The van der Waals surface area contributed by atoms with Crippen LogP contribution in [0.25, 0.3) is 6.08 Å². The number of hydrogen-bond donors (Lipinski definition) is 0. The summed E-state index contributed by atoms with van der Waals surface area (Å²) in [6.07, 6.45) is 3.69. The summed E-state index contributed by atoms with van der Waals surface area (Å²) in [6, 6.07) is 12.5. The quantitative estimate of drug-likeness (QED) is 0.388. The number of benzene rings is 2. The molecule has 2 aromatic carbocycles. The van der Waals surface area contributed by atoms with Crippen LogP contribution in [0.15, 0.2) is 47.4 Å². The molecule has 30 heavy (non-hydrogen) atoms. The number of thioether (sulfide) groups is 1. The van der Waals surface area contributed by atoms with Crippen molar-refractivity contribution < 1.29 is 23.8 Å². The van der Waals surface area contributed by atoms with Gasteiger partial charge in [0.1, 0.15) is 5.75 Å². The molecule has 0 aliphatic carbocycles. The minimum Gasteiger partial charge on any atom is -0.493 e. The summed E-state index contributed by atoms with van der Waals surface area (Å²) < 4.78 is 16.7. The van der Waals surface area contributed by atoms with E-state index in [2.05, 4.69) is 6.92 Å². The second-order valence-corrected chi connectivity index (χ2v) is 7.52. The molecule has 2 amide bonds. The van der Waals surface area contributed by atoms with Gasteiger partial charge in [-0.1, -0.05) is 31.5 Å². The molecular formula is C23H25NO5S. The molecule has 0 spiro atoms. The van der Waals surface area contributed by atoms with Gasteiger partial charge < -0.3 is 14.2 Å². The van der Waals surface area contributed by atoms with Gasteiger partial charge in [0.25, 0.3) is 11.1 Å². The Morgan fingerprint density at radius 3 is 2.53 bits per heavy atom. The van der Waals surface area contributed by atoms with Crippen molar-refractivity contribution in [2.45, 2.75) is 26.7 Å². The van der Waals surface area contributed by atoms with E-state index in [1.54, 1.807) is 43.5 Å². The van der Waals surface area contributed by atoms with Crippen LogP contribution in [0.3, 0.4) is 0 Å². The van der Waals surface area contributed by atoms with E-state index >= 15 is 0 Å². The molecule has 1 aliphatic rings. The topological polar surface area (TPSA) is 65.1 Å². The van der Waals surface area contributed by atoms with Gasteiger partial charge in [0.05, 0.1) is 30.9 Å². The molecule has 0 unspecified atom stereocenters. The summed E-state index contributed by atoms with van der Waals surface area (Å²) in [5.74, 6) is 1.36. The lowest BCUT2D eigenvalue weighted by Crippen LogP contribution is -2.28. The Morgan fingerprint density at radius 2 is 1.80 bits per heavy atom. The van der Waals surface area contributed by atoms with E-state index < -0.39 is 0 Å². The lowest BCUT2D eigenvalue weighted by molar-refractivity contribution is -0.113. The van der Waals surface area contributed by atoms with Gasteiger partial charge in [0.15, 0.2) is 11.5 Å². The third kappa shape index (κ3) is 4.79. The van der Waals surface area contributed by atoms with Crippen molar-refractivity contribution in [3.8, 4) is 17.2 Å². The third-order valence-electron chi connectivity index (χ3n) is 4.44. The fourth-order valence-corrected chi connectivity index (χ4v) is 3.80. The Morgan fingerprint density at radius 1 is 1.00 bits per heavy atom. The maximum absolute atomic E-state index is 13.0. The molecule has 1 heterocycles. The van der Waals surface area contributed by atoms with Crippen molar-refractivity contribution in [1.82, 2.24) is 0 Å². The first-order valence-corrected chi connectivity index (χ1v) is 10.7. The second kappa shape index (κ2) is 10.2. The molecule has 0 bridgehead atoms.